The average Bonchev–Trinajstić information content (AvgIpc) is 2.94. The Balaban J connectivity index is 1.83. The number of carbonyl (C=O) groups is 4. The largest absolute Gasteiger partial charge is 0.508 e. The van der Waals surface area contributed by atoms with E-state index in [4.69, 9.17) is 5.73 Å². The summed E-state index contributed by atoms with van der Waals surface area (Å²) >= 11 is 0. The standard InChI is InChI=1S/C30H34N4O7/c1-18(31)27(37)32-24(16-20-7-11-22(35)12-8-20)28(38)33-25(15-19-5-3-2-4-6-19)29(39)34-26(30(40)41)17-21-9-13-23(36)14-10-21/h2-14,18,24-26,35-36H,15-17,31H2,1H3,(H,32,37)(H,33,38)(H,34,39)(H,40,41). The highest BCUT2D eigenvalue weighted by molar-refractivity contribution is 5.94. The molecular weight excluding hydrogens is 528 g/mol. The Hall–Kier alpha value is -4.90. The lowest BCUT2D eigenvalue weighted by Crippen LogP contribution is -2.58. The summed E-state index contributed by atoms with van der Waals surface area (Å²) in [5.74, 6) is -3.19. The average molecular weight is 563 g/mol. The van der Waals surface area contributed by atoms with Crippen LogP contribution in [0.25, 0.3) is 0 Å². The number of phenolic OH excluding ortho intramolecular Hbond substituents is 2. The third-order valence-corrected chi connectivity index (χ3v) is 6.33. The Morgan fingerprint density at radius 2 is 0.976 bits per heavy atom. The second kappa shape index (κ2) is 14.5. The van der Waals surface area contributed by atoms with Crippen molar-refractivity contribution in [2.75, 3.05) is 0 Å². The topological polar surface area (TPSA) is 191 Å². The van der Waals surface area contributed by atoms with Crippen molar-refractivity contribution in [3.63, 3.8) is 0 Å². The number of rotatable bonds is 13. The maximum absolute atomic E-state index is 13.5. The van der Waals surface area contributed by atoms with E-state index in [0.29, 0.717) is 16.7 Å². The number of carbonyl (C=O) groups excluding carboxylic acids is 3. The summed E-state index contributed by atoms with van der Waals surface area (Å²) in [6.45, 7) is 1.47. The molecule has 0 aromatic heterocycles. The molecule has 0 bridgehead atoms. The summed E-state index contributed by atoms with van der Waals surface area (Å²) in [6.07, 6.45) is 0.0429. The number of aromatic hydroxyl groups is 2. The van der Waals surface area contributed by atoms with E-state index in [-0.39, 0.29) is 30.8 Å². The maximum Gasteiger partial charge on any atom is 0.326 e. The zero-order chi connectivity index (χ0) is 29.9. The number of nitrogens with one attached hydrogen (secondary N) is 3. The lowest BCUT2D eigenvalue weighted by Gasteiger charge is -2.25. The first kappa shape index (κ1) is 30.6. The first-order chi connectivity index (χ1) is 19.5. The third-order valence-electron chi connectivity index (χ3n) is 6.33. The molecule has 0 saturated heterocycles. The van der Waals surface area contributed by atoms with Gasteiger partial charge in [-0.15, -0.1) is 0 Å². The Morgan fingerprint density at radius 1 is 0.610 bits per heavy atom. The molecule has 3 rings (SSSR count). The van der Waals surface area contributed by atoms with Crippen molar-refractivity contribution in [1.82, 2.24) is 16.0 Å². The molecule has 4 unspecified atom stereocenters. The third kappa shape index (κ3) is 9.66. The molecule has 0 heterocycles. The number of aliphatic carboxylic acids is 1. The van der Waals surface area contributed by atoms with Gasteiger partial charge in [0.1, 0.15) is 29.6 Å². The lowest BCUT2D eigenvalue weighted by atomic mass is 10.0. The van der Waals surface area contributed by atoms with Gasteiger partial charge in [0, 0.05) is 19.3 Å². The monoisotopic (exact) mass is 562 g/mol. The van der Waals surface area contributed by atoms with E-state index < -0.39 is 47.9 Å². The summed E-state index contributed by atoms with van der Waals surface area (Å²) in [6, 6.07) is 16.4. The van der Waals surface area contributed by atoms with E-state index >= 15 is 0 Å². The smallest absolute Gasteiger partial charge is 0.326 e. The number of nitrogens with two attached hydrogens (primary N) is 1. The van der Waals surface area contributed by atoms with Crippen LogP contribution in [0.4, 0.5) is 0 Å². The molecule has 3 aromatic rings. The van der Waals surface area contributed by atoms with Crippen LogP contribution in [0.2, 0.25) is 0 Å². The van der Waals surface area contributed by atoms with Crippen molar-refractivity contribution < 1.29 is 34.5 Å². The van der Waals surface area contributed by atoms with Crippen LogP contribution in [0.15, 0.2) is 78.9 Å². The molecule has 4 atom stereocenters. The van der Waals surface area contributed by atoms with Gasteiger partial charge < -0.3 is 37.0 Å². The molecule has 0 aliphatic carbocycles. The highest BCUT2D eigenvalue weighted by Gasteiger charge is 2.30. The summed E-state index contributed by atoms with van der Waals surface area (Å²) in [5, 5.41) is 36.7. The number of hydrogen-bond donors (Lipinski definition) is 7. The Kier molecular flexibility index (Phi) is 10.8. The summed E-state index contributed by atoms with van der Waals surface area (Å²) in [4.78, 5) is 51.3. The lowest BCUT2D eigenvalue weighted by molar-refractivity contribution is -0.142. The van der Waals surface area contributed by atoms with Crippen LogP contribution in [0, 0.1) is 0 Å². The van der Waals surface area contributed by atoms with Crippen molar-refractivity contribution in [2.45, 2.75) is 50.4 Å². The van der Waals surface area contributed by atoms with E-state index in [1.807, 2.05) is 0 Å². The fraction of sp³-hybridized carbons (Fsp3) is 0.267. The number of amides is 3. The minimum Gasteiger partial charge on any atom is -0.508 e. The van der Waals surface area contributed by atoms with Crippen LogP contribution in [0.5, 0.6) is 11.5 Å². The molecule has 0 fully saturated rings. The normalized spacial score (nSPS) is 13.7. The van der Waals surface area contributed by atoms with Crippen LogP contribution in [-0.4, -0.2) is 63.2 Å². The van der Waals surface area contributed by atoms with Gasteiger partial charge in [0.05, 0.1) is 6.04 Å². The summed E-state index contributed by atoms with van der Waals surface area (Å²) in [5.41, 5.74) is 7.62. The second-order valence-electron chi connectivity index (χ2n) is 9.74. The molecular formula is C30H34N4O7. The molecule has 41 heavy (non-hydrogen) atoms. The van der Waals surface area contributed by atoms with Crippen LogP contribution >= 0.6 is 0 Å². The van der Waals surface area contributed by atoms with Crippen LogP contribution in [-0.2, 0) is 38.4 Å². The van der Waals surface area contributed by atoms with E-state index in [2.05, 4.69) is 16.0 Å². The SMILES string of the molecule is CC(N)C(=O)NC(Cc1ccc(O)cc1)C(=O)NC(Cc1ccccc1)C(=O)NC(Cc1ccc(O)cc1)C(=O)O. The number of phenols is 2. The van der Waals surface area contributed by atoms with Crippen molar-refractivity contribution in [2.24, 2.45) is 5.73 Å². The molecule has 8 N–H and O–H groups in total. The zero-order valence-electron chi connectivity index (χ0n) is 22.5. The zero-order valence-corrected chi connectivity index (χ0v) is 22.5. The van der Waals surface area contributed by atoms with Gasteiger partial charge in [0.15, 0.2) is 0 Å². The minimum atomic E-state index is -1.31. The van der Waals surface area contributed by atoms with Gasteiger partial charge in [-0.05, 0) is 47.9 Å². The van der Waals surface area contributed by atoms with Crippen molar-refractivity contribution in [3.05, 3.63) is 95.6 Å². The van der Waals surface area contributed by atoms with E-state index in [9.17, 15) is 34.5 Å². The predicted octanol–water partition coefficient (Wildman–Crippen LogP) is 1.01. The molecule has 0 saturated carbocycles. The maximum atomic E-state index is 13.5. The Bertz CT molecular complexity index is 1330. The van der Waals surface area contributed by atoms with E-state index in [1.54, 1.807) is 54.6 Å². The van der Waals surface area contributed by atoms with Gasteiger partial charge >= 0.3 is 5.97 Å². The van der Waals surface area contributed by atoms with Crippen molar-refractivity contribution in [3.8, 4) is 11.5 Å². The molecule has 216 valence electrons. The molecule has 3 amide bonds. The van der Waals surface area contributed by atoms with Gasteiger partial charge in [-0.2, -0.15) is 0 Å². The van der Waals surface area contributed by atoms with Gasteiger partial charge in [-0.25, -0.2) is 4.79 Å². The molecule has 0 spiro atoms. The van der Waals surface area contributed by atoms with Gasteiger partial charge in [-0.1, -0.05) is 54.6 Å². The second-order valence-corrected chi connectivity index (χ2v) is 9.74. The van der Waals surface area contributed by atoms with Gasteiger partial charge in [0.2, 0.25) is 17.7 Å². The highest BCUT2D eigenvalue weighted by atomic mass is 16.4. The number of carboxylic acids is 1. The van der Waals surface area contributed by atoms with Crippen molar-refractivity contribution >= 4 is 23.7 Å². The summed E-state index contributed by atoms with van der Waals surface area (Å²) < 4.78 is 0. The number of hydrogen-bond acceptors (Lipinski definition) is 7. The molecule has 11 nitrogen and oxygen atoms in total. The van der Waals surface area contributed by atoms with Gasteiger partial charge in [-0.3, -0.25) is 14.4 Å². The number of carboxylic acid groups (broad SMARTS) is 1. The van der Waals surface area contributed by atoms with Gasteiger partial charge in [0.25, 0.3) is 0 Å². The highest BCUT2D eigenvalue weighted by Crippen LogP contribution is 2.14. The van der Waals surface area contributed by atoms with Crippen LogP contribution in [0.1, 0.15) is 23.6 Å². The molecule has 0 radical (unpaired) electrons. The Labute approximate surface area is 237 Å². The Morgan fingerprint density at radius 3 is 1.39 bits per heavy atom. The number of benzene rings is 3. The first-order valence-corrected chi connectivity index (χ1v) is 13.0. The molecule has 11 heteroatoms. The van der Waals surface area contributed by atoms with Crippen LogP contribution in [0.3, 0.4) is 0 Å². The fourth-order valence-electron chi connectivity index (χ4n) is 4.05. The molecule has 0 aliphatic rings. The quantitative estimate of drug-likeness (QED) is 0.160. The predicted molar refractivity (Wildman–Crippen MR) is 151 cm³/mol. The molecule has 3 aromatic carbocycles. The van der Waals surface area contributed by atoms with Crippen molar-refractivity contribution in [1.29, 1.82) is 0 Å². The first-order valence-electron chi connectivity index (χ1n) is 13.0. The fourth-order valence-corrected chi connectivity index (χ4v) is 4.05. The van der Waals surface area contributed by atoms with E-state index in [0.717, 1.165) is 0 Å². The van der Waals surface area contributed by atoms with E-state index in [1.165, 1.54) is 31.2 Å². The van der Waals surface area contributed by atoms with Crippen LogP contribution < -0.4 is 21.7 Å². The molecule has 0 aliphatic heterocycles. The minimum absolute atomic E-state index is 0.0216. The summed E-state index contributed by atoms with van der Waals surface area (Å²) in [7, 11) is 0.